The third-order valence-electron chi connectivity index (χ3n) is 5.36. The second-order valence-electron chi connectivity index (χ2n) is 7.71. The maximum atomic E-state index is 13.4. The van der Waals surface area contributed by atoms with E-state index < -0.39 is 12.0 Å². The van der Waals surface area contributed by atoms with Crippen molar-refractivity contribution in [2.24, 2.45) is 0 Å². The van der Waals surface area contributed by atoms with Crippen LogP contribution in [0.1, 0.15) is 53.0 Å². The van der Waals surface area contributed by atoms with Gasteiger partial charge in [-0.1, -0.05) is 6.07 Å². The highest BCUT2D eigenvalue weighted by Gasteiger charge is 2.43. The number of rotatable bonds is 9. The van der Waals surface area contributed by atoms with Crippen LogP contribution in [-0.4, -0.2) is 57.2 Å². The summed E-state index contributed by atoms with van der Waals surface area (Å²) < 4.78 is 16.4. The van der Waals surface area contributed by atoms with E-state index >= 15 is 0 Å². The number of likely N-dealkylation sites (N-methyl/N-ethyl adjacent to an activating group) is 1. The number of nitrogens with zero attached hydrogens (tertiary/aromatic N) is 1. The van der Waals surface area contributed by atoms with Crippen LogP contribution < -0.4 is 14.8 Å². The minimum atomic E-state index is -0.567. The van der Waals surface area contributed by atoms with E-state index in [9.17, 15) is 9.59 Å². The van der Waals surface area contributed by atoms with Crippen LogP contribution in [0.4, 0.5) is 0 Å². The summed E-state index contributed by atoms with van der Waals surface area (Å²) >= 11 is 1.53. The Morgan fingerprint density at radius 2 is 1.94 bits per heavy atom. The van der Waals surface area contributed by atoms with Crippen molar-refractivity contribution in [3.63, 3.8) is 0 Å². The van der Waals surface area contributed by atoms with E-state index in [2.05, 4.69) is 5.32 Å². The number of carbonyl (C=O) groups excluding carboxylic acids is 2. The summed E-state index contributed by atoms with van der Waals surface area (Å²) in [5.41, 5.74) is 1.10. The SMILES string of the molecule is COc1cc2c(cc1OC)C(C(=O)NCCCOC(C)C)C(c1cccs1)N(C)C2=O. The number of hydrogen-bond acceptors (Lipinski definition) is 6. The summed E-state index contributed by atoms with van der Waals surface area (Å²) in [5.74, 6) is 0.107. The summed E-state index contributed by atoms with van der Waals surface area (Å²) in [4.78, 5) is 29.2. The molecule has 2 atom stereocenters. The fourth-order valence-electron chi connectivity index (χ4n) is 3.86. The van der Waals surface area contributed by atoms with Crippen LogP contribution in [0.15, 0.2) is 29.6 Å². The molecule has 1 aromatic carbocycles. The first-order valence-electron chi connectivity index (χ1n) is 10.3. The zero-order chi connectivity index (χ0) is 22.5. The van der Waals surface area contributed by atoms with Crippen molar-refractivity contribution < 1.29 is 23.8 Å². The third kappa shape index (κ3) is 4.85. The first kappa shape index (κ1) is 23.1. The van der Waals surface area contributed by atoms with Crippen LogP contribution in [-0.2, 0) is 9.53 Å². The number of ether oxygens (including phenoxy) is 3. The molecule has 2 unspecified atom stereocenters. The third-order valence-corrected chi connectivity index (χ3v) is 6.31. The minimum Gasteiger partial charge on any atom is -0.493 e. The highest BCUT2D eigenvalue weighted by molar-refractivity contribution is 7.10. The standard InChI is InChI=1S/C23H30N2O5S/c1-14(2)30-10-7-9-24-22(26)20-15-12-17(28-4)18(29-5)13-16(15)23(27)25(3)21(20)19-8-6-11-31-19/h6,8,11-14,20-21H,7,9-10H2,1-5H3,(H,24,26). The average molecular weight is 447 g/mol. The zero-order valence-electron chi connectivity index (χ0n) is 18.6. The fourth-order valence-corrected chi connectivity index (χ4v) is 4.76. The summed E-state index contributed by atoms with van der Waals surface area (Å²) in [6.45, 7) is 5.05. The van der Waals surface area contributed by atoms with Crippen LogP contribution in [0.25, 0.3) is 0 Å². The number of fused-ring (bicyclic) bond motifs is 1. The van der Waals surface area contributed by atoms with E-state index in [1.807, 2.05) is 31.4 Å². The monoisotopic (exact) mass is 446 g/mol. The molecule has 2 heterocycles. The van der Waals surface area contributed by atoms with E-state index in [0.29, 0.717) is 42.2 Å². The molecule has 168 valence electrons. The lowest BCUT2D eigenvalue weighted by atomic mass is 9.81. The van der Waals surface area contributed by atoms with E-state index in [-0.39, 0.29) is 17.9 Å². The molecule has 0 fully saturated rings. The van der Waals surface area contributed by atoms with Gasteiger partial charge >= 0.3 is 0 Å². The first-order valence-corrected chi connectivity index (χ1v) is 11.2. The van der Waals surface area contributed by atoms with Gasteiger partial charge < -0.3 is 24.4 Å². The maximum Gasteiger partial charge on any atom is 0.254 e. The molecule has 1 aromatic heterocycles. The number of nitrogens with one attached hydrogen (secondary N) is 1. The van der Waals surface area contributed by atoms with Crippen LogP contribution in [0, 0.1) is 0 Å². The summed E-state index contributed by atoms with van der Waals surface area (Å²) in [5, 5.41) is 4.99. The molecule has 1 N–H and O–H groups in total. The van der Waals surface area contributed by atoms with Gasteiger partial charge in [0.15, 0.2) is 11.5 Å². The average Bonchev–Trinajstić information content (AvgIpc) is 3.28. The van der Waals surface area contributed by atoms with Crippen molar-refractivity contribution in [3.8, 4) is 11.5 Å². The van der Waals surface area contributed by atoms with Gasteiger partial charge in [-0.2, -0.15) is 0 Å². The van der Waals surface area contributed by atoms with Gasteiger partial charge in [0.1, 0.15) is 0 Å². The lowest BCUT2D eigenvalue weighted by molar-refractivity contribution is -0.124. The van der Waals surface area contributed by atoms with Gasteiger partial charge in [0.05, 0.1) is 32.3 Å². The normalized spacial score (nSPS) is 18.1. The van der Waals surface area contributed by atoms with Gasteiger partial charge in [-0.15, -0.1) is 11.3 Å². The molecule has 0 bridgehead atoms. The molecule has 0 saturated carbocycles. The Morgan fingerprint density at radius 3 is 2.55 bits per heavy atom. The zero-order valence-corrected chi connectivity index (χ0v) is 19.5. The Balaban J connectivity index is 1.97. The molecule has 3 rings (SSSR count). The molecular formula is C23H30N2O5S. The first-order chi connectivity index (χ1) is 14.9. The van der Waals surface area contributed by atoms with E-state index in [0.717, 1.165) is 4.88 Å². The van der Waals surface area contributed by atoms with Crippen molar-refractivity contribution in [3.05, 3.63) is 45.6 Å². The summed E-state index contributed by atoms with van der Waals surface area (Å²) in [6.07, 6.45) is 0.875. The molecule has 7 nitrogen and oxygen atoms in total. The van der Waals surface area contributed by atoms with Gasteiger partial charge in [0.2, 0.25) is 5.91 Å². The van der Waals surface area contributed by atoms with Crippen molar-refractivity contribution in [1.82, 2.24) is 10.2 Å². The highest BCUT2D eigenvalue weighted by atomic mass is 32.1. The Kier molecular flexibility index (Phi) is 7.56. The van der Waals surface area contributed by atoms with Crippen LogP contribution in [0.2, 0.25) is 0 Å². The topological polar surface area (TPSA) is 77.1 Å². The molecule has 1 aliphatic rings. The lowest BCUT2D eigenvalue weighted by Crippen LogP contribution is -2.45. The van der Waals surface area contributed by atoms with Crippen LogP contribution >= 0.6 is 11.3 Å². The van der Waals surface area contributed by atoms with Crippen molar-refractivity contribution in [2.45, 2.75) is 38.3 Å². The van der Waals surface area contributed by atoms with Gasteiger partial charge in [-0.3, -0.25) is 9.59 Å². The summed E-state index contributed by atoms with van der Waals surface area (Å²) in [6, 6.07) is 6.91. The molecule has 0 saturated heterocycles. The fraction of sp³-hybridized carbons (Fsp3) is 0.478. The molecule has 2 aromatic rings. The number of hydrogen-bond donors (Lipinski definition) is 1. The predicted octanol–water partition coefficient (Wildman–Crippen LogP) is 3.61. The smallest absolute Gasteiger partial charge is 0.254 e. The Morgan fingerprint density at radius 1 is 1.23 bits per heavy atom. The van der Waals surface area contributed by atoms with Crippen molar-refractivity contribution >= 4 is 23.2 Å². The largest absolute Gasteiger partial charge is 0.493 e. The Labute approximate surface area is 187 Å². The molecule has 0 aliphatic carbocycles. The molecule has 31 heavy (non-hydrogen) atoms. The summed E-state index contributed by atoms with van der Waals surface area (Å²) in [7, 11) is 4.81. The van der Waals surface area contributed by atoms with Crippen LogP contribution in [0.5, 0.6) is 11.5 Å². The highest BCUT2D eigenvalue weighted by Crippen LogP contribution is 2.46. The van der Waals surface area contributed by atoms with Gasteiger partial charge in [0.25, 0.3) is 5.91 Å². The maximum absolute atomic E-state index is 13.4. The predicted molar refractivity (Wildman–Crippen MR) is 120 cm³/mol. The van der Waals surface area contributed by atoms with Crippen molar-refractivity contribution in [2.75, 3.05) is 34.4 Å². The van der Waals surface area contributed by atoms with Gasteiger partial charge in [-0.05, 0) is 49.4 Å². The van der Waals surface area contributed by atoms with Gasteiger partial charge in [0, 0.05) is 30.6 Å². The van der Waals surface area contributed by atoms with Gasteiger partial charge in [-0.25, -0.2) is 0 Å². The molecule has 1 aliphatic heterocycles. The molecular weight excluding hydrogens is 416 g/mol. The quantitative estimate of drug-likeness (QED) is 0.596. The van der Waals surface area contributed by atoms with Crippen molar-refractivity contribution in [1.29, 1.82) is 0 Å². The molecule has 0 radical (unpaired) electrons. The van der Waals surface area contributed by atoms with Crippen LogP contribution in [0.3, 0.4) is 0 Å². The molecule has 0 spiro atoms. The number of methoxy groups -OCH3 is 2. The number of amides is 2. The second kappa shape index (κ2) is 10.2. The lowest BCUT2D eigenvalue weighted by Gasteiger charge is -2.39. The second-order valence-corrected chi connectivity index (χ2v) is 8.69. The molecule has 2 amide bonds. The number of benzene rings is 1. The number of thiophene rings is 1. The number of carbonyl (C=O) groups is 2. The molecule has 8 heteroatoms. The Hall–Kier alpha value is -2.58. The van der Waals surface area contributed by atoms with E-state index in [1.54, 1.807) is 31.2 Å². The minimum absolute atomic E-state index is 0.129. The van der Waals surface area contributed by atoms with E-state index in [1.165, 1.54) is 18.4 Å². The van der Waals surface area contributed by atoms with E-state index in [4.69, 9.17) is 14.2 Å². The Bertz CT molecular complexity index is 913.